The van der Waals surface area contributed by atoms with E-state index in [4.69, 9.17) is 0 Å². The zero-order chi connectivity index (χ0) is 20.1. The van der Waals surface area contributed by atoms with Crippen molar-refractivity contribution in [2.24, 2.45) is 0 Å². The molecule has 3 rings (SSSR count). The second-order valence-electron chi connectivity index (χ2n) is 6.60. The molecule has 1 aromatic carbocycles. The molecule has 2 aromatic rings. The molecule has 1 aromatic heterocycles. The molecule has 150 valence electrons. The van der Waals surface area contributed by atoms with Crippen molar-refractivity contribution in [1.29, 1.82) is 0 Å². The predicted molar refractivity (Wildman–Crippen MR) is 105 cm³/mol. The quantitative estimate of drug-likeness (QED) is 0.701. The molecule has 0 amide bonds. The molecule has 1 aliphatic heterocycles. The highest BCUT2D eigenvalue weighted by molar-refractivity contribution is 7.87. The van der Waals surface area contributed by atoms with E-state index in [1.54, 1.807) is 12.1 Å². The fraction of sp³-hybridized carbons (Fsp3) is 0.368. The Bertz CT molecular complexity index is 931. The lowest BCUT2D eigenvalue weighted by Gasteiger charge is -2.35. The minimum absolute atomic E-state index is 0.0360. The van der Waals surface area contributed by atoms with E-state index >= 15 is 0 Å². The van der Waals surface area contributed by atoms with Crippen LogP contribution in [0.25, 0.3) is 0 Å². The Labute approximate surface area is 165 Å². The van der Waals surface area contributed by atoms with Crippen LogP contribution in [0.2, 0.25) is 0 Å². The smallest absolute Gasteiger partial charge is 0.339 e. The molecule has 1 unspecified atom stereocenters. The summed E-state index contributed by atoms with van der Waals surface area (Å²) in [6.45, 7) is 3.54. The minimum atomic E-state index is -3.71. The molecular formula is C19H24N4O4S. The summed E-state index contributed by atoms with van der Waals surface area (Å²) in [4.78, 5) is 15.6. The number of carbonyl (C=O) groups is 1. The van der Waals surface area contributed by atoms with Crippen molar-refractivity contribution in [1.82, 2.24) is 19.3 Å². The molecule has 1 aliphatic rings. The van der Waals surface area contributed by atoms with Crippen LogP contribution in [-0.4, -0.2) is 50.4 Å². The van der Waals surface area contributed by atoms with Crippen LogP contribution in [0.15, 0.2) is 42.6 Å². The Morgan fingerprint density at radius 2 is 2.18 bits per heavy atom. The highest BCUT2D eigenvalue weighted by Crippen LogP contribution is 2.25. The maximum absolute atomic E-state index is 12.9. The van der Waals surface area contributed by atoms with Gasteiger partial charge in [0, 0.05) is 25.8 Å². The van der Waals surface area contributed by atoms with Crippen molar-refractivity contribution in [3.05, 3.63) is 65.0 Å². The first-order valence-electron chi connectivity index (χ1n) is 8.97. The van der Waals surface area contributed by atoms with Crippen LogP contribution >= 0.6 is 0 Å². The molecule has 2 N–H and O–H groups in total. The third-order valence-corrected chi connectivity index (χ3v) is 6.18. The van der Waals surface area contributed by atoms with Gasteiger partial charge in [-0.1, -0.05) is 29.8 Å². The zero-order valence-corrected chi connectivity index (χ0v) is 16.7. The molecule has 0 saturated carbocycles. The Hall–Kier alpha value is -2.33. The summed E-state index contributed by atoms with van der Waals surface area (Å²) in [7, 11) is -2.42. The minimum Gasteiger partial charge on any atom is -0.465 e. The summed E-state index contributed by atoms with van der Waals surface area (Å²) >= 11 is 0. The topological polar surface area (TPSA) is 101 Å². The number of nitrogens with zero attached hydrogens (tertiary/aromatic N) is 2. The van der Waals surface area contributed by atoms with Gasteiger partial charge in [-0.25, -0.2) is 4.79 Å². The SMILES string of the molecule is COC(=O)c1ccc(CNS(=O)(=O)N2CCNCC2c2cccc(C)c2)nc1. The van der Waals surface area contributed by atoms with Gasteiger partial charge < -0.3 is 10.1 Å². The molecule has 0 radical (unpaired) electrons. The van der Waals surface area contributed by atoms with Crippen LogP contribution in [0, 0.1) is 6.92 Å². The van der Waals surface area contributed by atoms with Crippen LogP contribution in [0.4, 0.5) is 0 Å². The lowest BCUT2D eigenvalue weighted by atomic mass is 10.0. The van der Waals surface area contributed by atoms with Gasteiger partial charge in [0.25, 0.3) is 10.2 Å². The standard InChI is InChI=1S/C19H24N4O4S/c1-14-4-3-5-15(10-14)18-13-20-8-9-23(18)28(25,26)22-12-17-7-6-16(11-21-17)19(24)27-2/h3-7,10-11,18,20,22H,8-9,12-13H2,1-2H3. The summed E-state index contributed by atoms with van der Waals surface area (Å²) in [5, 5.41) is 3.26. The van der Waals surface area contributed by atoms with Gasteiger partial charge in [-0.2, -0.15) is 17.4 Å². The Kier molecular flexibility index (Phi) is 6.40. The predicted octanol–water partition coefficient (Wildman–Crippen LogP) is 1.16. The average molecular weight is 404 g/mol. The number of pyridine rings is 1. The number of rotatable bonds is 6. The summed E-state index contributed by atoms with van der Waals surface area (Å²) < 4.78 is 34.6. The van der Waals surface area contributed by atoms with E-state index in [9.17, 15) is 13.2 Å². The fourth-order valence-corrected chi connectivity index (χ4v) is 4.51. The lowest BCUT2D eigenvalue weighted by Crippen LogP contribution is -2.52. The summed E-state index contributed by atoms with van der Waals surface area (Å²) in [6.07, 6.45) is 1.37. The largest absolute Gasteiger partial charge is 0.465 e. The number of methoxy groups -OCH3 is 1. The first-order chi connectivity index (χ1) is 13.4. The number of piperazine rings is 1. The number of nitrogens with one attached hydrogen (secondary N) is 2. The number of hydrogen-bond acceptors (Lipinski definition) is 6. The highest BCUT2D eigenvalue weighted by atomic mass is 32.2. The van der Waals surface area contributed by atoms with E-state index < -0.39 is 16.2 Å². The van der Waals surface area contributed by atoms with Crippen LogP contribution in [0.1, 0.15) is 33.2 Å². The van der Waals surface area contributed by atoms with E-state index in [1.165, 1.54) is 17.6 Å². The lowest BCUT2D eigenvalue weighted by molar-refractivity contribution is 0.0600. The number of esters is 1. The van der Waals surface area contributed by atoms with Crippen molar-refractivity contribution in [3.8, 4) is 0 Å². The first kappa shape index (κ1) is 20.4. The molecule has 28 heavy (non-hydrogen) atoms. The third kappa shape index (κ3) is 4.74. The maximum Gasteiger partial charge on any atom is 0.339 e. The van der Waals surface area contributed by atoms with Crippen LogP contribution in [0.5, 0.6) is 0 Å². The van der Waals surface area contributed by atoms with Gasteiger partial charge in [0.2, 0.25) is 0 Å². The molecule has 1 fully saturated rings. The van der Waals surface area contributed by atoms with Crippen molar-refractivity contribution in [2.45, 2.75) is 19.5 Å². The number of benzene rings is 1. The van der Waals surface area contributed by atoms with Crippen molar-refractivity contribution in [3.63, 3.8) is 0 Å². The Morgan fingerprint density at radius 1 is 1.36 bits per heavy atom. The molecule has 1 saturated heterocycles. The fourth-order valence-electron chi connectivity index (χ4n) is 3.15. The highest BCUT2D eigenvalue weighted by Gasteiger charge is 2.33. The average Bonchev–Trinajstić information content (AvgIpc) is 2.72. The molecule has 8 nitrogen and oxygen atoms in total. The molecule has 0 spiro atoms. The molecule has 0 bridgehead atoms. The van der Waals surface area contributed by atoms with Gasteiger partial charge in [-0.05, 0) is 24.6 Å². The molecule has 2 heterocycles. The number of hydrogen-bond donors (Lipinski definition) is 2. The van der Waals surface area contributed by atoms with Crippen molar-refractivity contribution >= 4 is 16.2 Å². The number of carbonyl (C=O) groups excluding carboxylic acids is 1. The second kappa shape index (κ2) is 8.78. The van der Waals surface area contributed by atoms with Crippen LogP contribution in [0.3, 0.4) is 0 Å². The van der Waals surface area contributed by atoms with Gasteiger partial charge in [0.15, 0.2) is 0 Å². The Morgan fingerprint density at radius 3 is 2.86 bits per heavy atom. The number of aromatic nitrogens is 1. The zero-order valence-electron chi connectivity index (χ0n) is 15.9. The van der Waals surface area contributed by atoms with E-state index in [0.29, 0.717) is 30.9 Å². The van der Waals surface area contributed by atoms with Gasteiger partial charge in [0.1, 0.15) is 0 Å². The van der Waals surface area contributed by atoms with Gasteiger partial charge in [-0.15, -0.1) is 0 Å². The molecule has 0 aliphatic carbocycles. The third-order valence-electron chi connectivity index (χ3n) is 4.61. The Balaban J connectivity index is 1.72. The summed E-state index contributed by atoms with van der Waals surface area (Å²) in [5.41, 5.74) is 2.87. The summed E-state index contributed by atoms with van der Waals surface area (Å²) in [5.74, 6) is -0.485. The van der Waals surface area contributed by atoms with Gasteiger partial charge in [-0.3, -0.25) is 4.98 Å². The van der Waals surface area contributed by atoms with Crippen molar-refractivity contribution < 1.29 is 17.9 Å². The molecule has 9 heteroatoms. The molecular weight excluding hydrogens is 380 g/mol. The van der Waals surface area contributed by atoms with E-state index in [1.807, 2.05) is 31.2 Å². The van der Waals surface area contributed by atoms with Crippen LogP contribution < -0.4 is 10.0 Å². The van der Waals surface area contributed by atoms with Crippen molar-refractivity contribution in [2.75, 3.05) is 26.7 Å². The maximum atomic E-state index is 12.9. The van der Waals surface area contributed by atoms with Gasteiger partial charge >= 0.3 is 5.97 Å². The second-order valence-corrected chi connectivity index (χ2v) is 8.31. The number of aryl methyl sites for hydroxylation is 1. The normalized spacial score (nSPS) is 18.0. The monoisotopic (exact) mass is 404 g/mol. The van der Waals surface area contributed by atoms with E-state index in [0.717, 1.165) is 11.1 Å². The molecule has 1 atom stereocenters. The van der Waals surface area contributed by atoms with Gasteiger partial charge in [0.05, 0.1) is 31.0 Å². The number of ether oxygens (including phenoxy) is 1. The van der Waals surface area contributed by atoms with E-state index in [-0.39, 0.29) is 12.6 Å². The van der Waals surface area contributed by atoms with Crippen LogP contribution in [-0.2, 0) is 21.5 Å². The van der Waals surface area contributed by atoms with E-state index in [2.05, 4.69) is 19.8 Å². The summed E-state index contributed by atoms with van der Waals surface area (Å²) in [6, 6.07) is 10.8. The first-order valence-corrected chi connectivity index (χ1v) is 10.4.